The summed E-state index contributed by atoms with van der Waals surface area (Å²) in [6.07, 6.45) is 4.61. The van der Waals surface area contributed by atoms with Crippen molar-refractivity contribution in [2.45, 2.75) is 45.6 Å². The monoisotopic (exact) mass is 548 g/mol. The van der Waals surface area contributed by atoms with Crippen LogP contribution in [0, 0.1) is 12.8 Å². The van der Waals surface area contributed by atoms with Gasteiger partial charge in [-0.2, -0.15) is 0 Å². The lowest BCUT2D eigenvalue weighted by Gasteiger charge is -2.31. The molecule has 4 aromatic rings. The lowest BCUT2D eigenvalue weighted by Crippen LogP contribution is -2.29. The molecular weight excluding hydrogens is 512 g/mol. The number of aromatic nitrogens is 3. The molecule has 2 aromatic carbocycles. The number of thiazole rings is 1. The Hall–Kier alpha value is -3.72. The van der Waals surface area contributed by atoms with Gasteiger partial charge in [0.1, 0.15) is 0 Å². The Labute approximate surface area is 232 Å². The standard InChI is InChI=1S/C30H36N4O4S/c1-19-12-10-11-15-23(19)33-24(21-16-25(36-4)28(38-6)26(17-21)37-5)18-39-30(33)31-27-20(2)32(3)34(29(27)35)22-13-8-7-9-14-22/h7-9,13-14,16-19,23H,10-12,15H2,1-6H3. The average molecular weight is 549 g/mol. The summed E-state index contributed by atoms with van der Waals surface area (Å²) in [7, 11) is 6.76. The summed E-state index contributed by atoms with van der Waals surface area (Å²) in [6.45, 7) is 4.26. The highest BCUT2D eigenvalue weighted by Gasteiger charge is 2.28. The highest BCUT2D eigenvalue weighted by atomic mass is 32.1. The molecule has 1 fully saturated rings. The maximum absolute atomic E-state index is 13.7. The molecular formula is C30H36N4O4S. The highest BCUT2D eigenvalue weighted by Crippen LogP contribution is 2.43. The molecule has 206 valence electrons. The second-order valence-electron chi connectivity index (χ2n) is 10.0. The van der Waals surface area contributed by atoms with Crippen LogP contribution >= 0.6 is 11.3 Å². The van der Waals surface area contributed by atoms with E-state index in [1.807, 2.05) is 61.1 Å². The van der Waals surface area contributed by atoms with Crippen molar-refractivity contribution in [3.05, 3.63) is 68.7 Å². The Morgan fingerprint density at radius 2 is 1.64 bits per heavy atom. The molecule has 2 atom stereocenters. The van der Waals surface area contributed by atoms with Crippen LogP contribution in [0.15, 0.2) is 57.6 Å². The Kier molecular flexibility index (Phi) is 7.70. The van der Waals surface area contributed by atoms with E-state index < -0.39 is 0 Å². The van der Waals surface area contributed by atoms with Crippen LogP contribution in [0.4, 0.5) is 5.69 Å². The fourth-order valence-corrected chi connectivity index (χ4v) is 6.58. The molecule has 0 radical (unpaired) electrons. The first-order chi connectivity index (χ1) is 18.9. The molecule has 9 heteroatoms. The fraction of sp³-hybridized carbons (Fsp3) is 0.400. The third kappa shape index (κ3) is 4.80. The zero-order chi connectivity index (χ0) is 27.7. The van der Waals surface area contributed by atoms with E-state index in [2.05, 4.69) is 16.9 Å². The van der Waals surface area contributed by atoms with Gasteiger partial charge in [-0.05, 0) is 49.9 Å². The van der Waals surface area contributed by atoms with Gasteiger partial charge < -0.3 is 18.8 Å². The molecule has 0 N–H and O–H groups in total. The van der Waals surface area contributed by atoms with E-state index in [0.717, 1.165) is 46.7 Å². The van der Waals surface area contributed by atoms with Crippen LogP contribution in [0.3, 0.4) is 0 Å². The molecule has 1 aliphatic rings. The van der Waals surface area contributed by atoms with Gasteiger partial charge in [-0.1, -0.05) is 38.0 Å². The molecule has 0 saturated heterocycles. The predicted octanol–water partition coefficient (Wildman–Crippen LogP) is 6.02. The van der Waals surface area contributed by atoms with Gasteiger partial charge in [0, 0.05) is 24.0 Å². The first-order valence-corrected chi connectivity index (χ1v) is 14.2. The quantitative estimate of drug-likeness (QED) is 0.283. The Morgan fingerprint density at radius 3 is 2.26 bits per heavy atom. The number of nitrogens with zero attached hydrogens (tertiary/aromatic N) is 4. The number of para-hydroxylation sites is 1. The number of hydrogen-bond donors (Lipinski definition) is 0. The smallest absolute Gasteiger partial charge is 0.297 e. The van der Waals surface area contributed by atoms with Crippen molar-refractivity contribution < 1.29 is 14.2 Å². The lowest BCUT2D eigenvalue weighted by atomic mass is 9.85. The molecule has 2 unspecified atom stereocenters. The molecule has 0 bridgehead atoms. The molecule has 39 heavy (non-hydrogen) atoms. The summed E-state index contributed by atoms with van der Waals surface area (Å²) in [6, 6.07) is 13.9. The lowest BCUT2D eigenvalue weighted by molar-refractivity contribution is 0.255. The summed E-state index contributed by atoms with van der Waals surface area (Å²) in [5.41, 5.74) is 3.92. The zero-order valence-electron chi connectivity index (χ0n) is 23.4. The predicted molar refractivity (Wildman–Crippen MR) is 155 cm³/mol. The summed E-state index contributed by atoms with van der Waals surface area (Å²) in [5, 5.41) is 2.12. The molecule has 5 rings (SSSR count). The van der Waals surface area contributed by atoms with E-state index in [1.54, 1.807) is 37.3 Å². The first kappa shape index (κ1) is 26.9. The van der Waals surface area contributed by atoms with Gasteiger partial charge >= 0.3 is 0 Å². The number of hydrogen-bond acceptors (Lipinski definition) is 6. The van der Waals surface area contributed by atoms with Crippen LogP contribution in [0.2, 0.25) is 0 Å². The maximum Gasteiger partial charge on any atom is 0.297 e. The summed E-state index contributed by atoms with van der Waals surface area (Å²) in [4.78, 5) is 19.5. The van der Waals surface area contributed by atoms with Crippen molar-refractivity contribution in [2.24, 2.45) is 18.0 Å². The van der Waals surface area contributed by atoms with E-state index in [9.17, 15) is 4.79 Å². The van der Waals surface area contributed by atoms with Crippen LogP contribution in [0.5, 0.6) is 17.2 Å². The molecule has 0 aliphatic heterocycles. The minimum absolute atomic E-state index is 0.132. The van der Waals surface area contributed by atoms with Crippen molar-refractivity contribution in [1.29, 1.82) is 0 Å². The van der Waals surface area contributed by atoms with Gasteiger partial charge in [0.25, 0.3) is 5.56 Å². The van der Waals surface area contributed by atoms with Gasteiger partial charge in [-0.25, -0.2) is 9.67 Å². The fourth-order valence-electron chi connectivity index (χ4n) is 5.62. The zero-order valence-corrected chi connectivity index (χ0v) is 24.2. The van der Waals surface area contributed by atoms with Crippen LogP contribution in [-0.4, -0.2) is 35.3 Å². The number of rotatable bonds is 7. The van der Waals surface area contributed by atoms with Crippen molar-refractivity contribution in [3.8, 4) is 34.2 Å². The minimum Gasteiger partial charge on any atom is -0.493 e. The first-order valence-electron chi connectivity index (χ1n) is 13.3. The van der Waals surface area contributed by atoms with E-state index >= 15 is 0 Å². The van der Waals surface area contributed by atoms with Crippen LogP contribution in [0.25, 0.3) is 16.9 Å². The largest absolute Gasteiger partial charge is 0.493 e. The summed E-state index contributed by atoms with van der Waals surface area (Å²) >= 11 is 1.55. The molecule has 0 spiro atoms. The van der Waals surface area contributed by atoms with Crippen LogP contribution < -0.4 is 24.6 Å². The summed E-state index contributed by atoms with van der Waals surface area (Å²) < 4.78 is 22.8. The second-order valence-corrected chi connectivity index (χ2v) is 10.9. The molecule has 0 amide bonds. The summed E-state index contributed by atoms with van der Waals surface area (Å²) in [5.74, 6) is 2.24. The Morgan fingerprint density at radius 1 is 0.974 bits per heavy atom. The van der Waals surface area contributed by atoms with Crippen LogP contribution in [-0.2, 0) is 7.05 Å². The minimum atomic E-state index is -0.132. The number of ether oxygens (including phenoxy) is 3. The van der Waals surface area contributed by atoms with Gasteiger partial charge in [0.15, 0.2) is 22.0 Å². The van der Waals surface area contributed by atoms with Gasteiger partial charge in [0.2, 0.25) is 5.75 Å². The normalized spacial score (nSPS) is 17.8. The van der Waals surface area contributed by atoms with Crippen molar-refractivity contribution >= 4 is 17.0 Å². The number of methoxy groups -OCH3 is 3. The molecule has 8 nitrogen and oxygen atoms in total. The van der Waals surface area contributed by atoms with E-state index in [4.69, 9.17) is 19.2 Å². The number of benzene rings is 2. The third-order valence-corrected chi connectivity index (χ3v) is 8.67. The van der Waals surface area contributed by atoms with E-state index in [-0.39, 0.29) is 11.6 Å². The molecule has 2 aromatic heterocycles. The van der Waals surface area contributed by atoms with Crippen molar-refractivity contribution in [1.82, 2.24) is 13.9 Å². The van der Waals surface area contributed by atoms with Gasteiger partial charge in [-0.3, -0.25) is 9.48 Å². The molecule has 2 heterocycles. The molecule has 1 aliphatic carbocycles. The molecule has 1 saturated carbocycles. The van der Waals surface area contributed by atoms with Gasteiger partial charge in [0.05, 0.1) is 38.4 Å². The van der Waals surface area contributed by atoms with Gasteiger partial charge in [-0.15, -0.1) is 11.3 Å². The van der Waals surface area contributed by atoms with E-state index in [1.165, 1.54) is 6.42 Å². The second kappa shape index (κ2) is 11.2. The Bertz CT molecular complexity index is 1570. The Balaban J connectivity index is 1.74. The maximum atomic E-state index is 13.7. The SMILES string of the molecule is COc1cc(-c2csc(=Nc3c(C)n(C)n(-c4ccccc4)c3=O)n2C2CCCCC2C)cc(OC)c1OC. The van der Waals surface area contributed by atoms with E-state index in [0.29, 0.717) is 28.9 Å². The average Bonchev–Trinajstić information content (AvgIpc) is 3.47. The third-order valence-electron chi connectivity index (χ3n) is 7.83. The highest BCUT2D eigenvalue weighted by molar-refractivity contribution is 7.07. The van der Waals surface area contributed by atoms with Crippen molar-refractivity contribution in [2.75, 3.05) is 21.3 Å². The topological polar surface area (TPSA) is 71.9 Å². The van der Waals surface area contributed by atoms with Crippen LogP contribution in [0.1, 0.15) is 44.3 Å². The van der Waals surface area contributed by atoms with Crippen molar-refractivity contribution in [3.63, 3.8) is 0 Å².